The van der Waals surface area contributed by atoms with Gasteiger partial charge in [0.2, 0.25) is 0 Å². The smallest absolute Gasteiger partial charge is 0.374 e. The fourth-order valence-corrected chi connectivity index (χ4v) is 6.12. The van der Waals surface area contributed by atoms with Crippen molar-refractivity contribution in [1.29, 1.82) is 0 Å². The van der Waals surface area contributed by atoms with Crippen molar-refractivity contribution in [2.75, 3.05) is 14.2 Å². The van der Waals surface area contributed by atoms with Gasteiger partial charge in [0.15, 0.2) is 0 Å². The highest BCUT2D eigenvalue weighted by Crippen LogP contribution is 2.28. The Balaban J connectivity index is 1.99. The molecule has 0 spiro atoms. The SMILES string of the molecule is CO[Si](NC1CCCC1C)(NC1CCCC1C)OC. The summed E-state index contributed by atoms with van der Waals surface area (Å²) in [6.45, 7) is 4.65. The van der Waals surface area contributed by atoms with Gasteiger partial charge in [-0.2, -0.15) is 0 Å². The van der Waals surface area contributed by atoms with Crippen molar-refractivity contribution in [3.05, 3.63) is 0 Å². The van der Waals surface area contributed by atoms with Crippen LogP contribution in [-0.4, -0.2) is 35.2 Å². The first-order valence-corrected chi connectivity index (χ1v) is 9.57. The predicted octanol–water partition coefficient (Wildman–Crippen LogP) is 2.27. The molecule has 0 saturated heterocycles. The van der Waals surface area contributed by atoms with Gasteiger partial charge in [-0.05, 0) is 37.5 Å². The van der Waals surface area contributed by atoms with Crippen LogP contribution >= 0.6 is 0 Å². The van der Waals surface area contributed by atoms with Gasteiger partial charge in [-0.15, -0.1) is 0 Å². The topological polar surface area (TPSA) is 42.5 Å². The molecule has 19 heavy (non-hydrogen) atoms. The fraction of sp³-hybridized carbons (Fsp3) is 1.00. The van der Waals surface area contributed by atoms with E-state index in [0.717, 1.165) is 11.8 Å². The molecule has 112 valence electrons. The third-order valence-electron chi connectivity index (χ3n) is 5.05. The Bertz CT molecular complexity index is 263. The van der Waals surface area contributed by atoms with E-state index in [1.807, 2.05) is 0 Å². The van der Waals surface area contributed by atoms with Crippen LogP contribution in [0.1, 0.15) is 52.4 Å². The highest BCUT2D eigenvalue weighted by Gasteiger charge is 2.45. The number of hydrogen-bond acceptors (Lipinski definition) is 4. The van der Waals surface area contributed by atoms with E-state index in [9.17, 15) is 0 Å². The van der Waals surface area contributed by atoms with Crippen molar-refractivity contribution >= 4 is 8.88 Å². The summed E-state index contributed by atoms with van der Waals surface area (Å²) in [6, 6.07) is 1.08. The van der Waals surface area contributed by atoms with Crippen molar-refractivity contribution in [2.45, 2.75) is 64.5 Å². The lowest BCUT2D eigenvalue weighted by atomic mass is 10.1. The van der Waals surface area contributed by atoms with Crippen LogP contribution in [-0.2, 0) is 8.85 Å². The summed E-state index contributed by atoms with van der Waals surface area (Å²) in [4.78, 5) is 7.42. The average molecular weight is 286 g/mol. The highest BCUT2D eigenvalue weighted by atomic mass is 28.4. The molecule has 4 unspecified atom stereocenters. The molecule has 2 rings (SSSR count). The monoisotopic (exact) mass is 286 g/mol. The van der Waals surface area contributed by atoms with E-state index in [1.54, 1.807) is 14.2 Å². The summed E-state index contributed by atoms with van der Waals surface area (Å²) < 4.78 is 11.6. The molecule has 0 aromatic carbocycles. The lowest BCUT2D eigenvalue weighted by Gasteiger charge is -2.35. The Morgan fingerprint density at radius 1 is 0.789 bits per heavy atom. The summed E-state index contributed by atoms with van der Waals surface area (Å²) in [5.41, 5.74) is 0. The van der Waals surface area contributed by atoms with Crippen LogP contribution < -0.4 is 9.96 Å². The van der Waals surface area contributed by atoms with Gasteiger partial charge in [0.1, 0.15) is 0 Å². The molecule has 0 aromatic heterocycles. The summed E-state index contributed by atoms with van der Waals surface area (Å²) in [5, 5.41) is 0. The zero-order chi connectivity index (χ0) is 13.9. The van der Waals surface area contributed by atoms with Gasteiger partial charge >= 0.3 is 8.88 Å². The van der Waals surface area contributed by atoms with E-state index in [-0.39, 0.29) is 0 Å². The molecule has 2 saturated carbocycles. The van der Waals surface area contributed by atoms with Crippen molar-refractivity contribution in [3.63, 3.8) is 0 Å². The van der Waals surface area contributed by atoms with Crippen LogP contribution in [0.2, 0.25) is 0 Å². The maximum Gasteiger partial charge on any atom is 0.516 e. The lowest BCUT2D eigenvalue weighted by Crippen LogP contribution is -2.71. The molecule has 5 heteroatoms. The highest BCUT2D eigenvalue weighted by molar-refractivity contribution is 6.62. The van der Waals surface area contributed by atoms with Crippen molar-refractivity contribution < 1.29 is 8.85 Å². The van der Waals surface area contributed by atoms with E-state index in [4.69, 9.17) is 8.85 Å². The van der Waals surface area contributed by atoms with Gasteiger partial charge in [0.25, 0.3) is 0 Å². The Morgan fingerprint density at radius 2 is 1.21 bits per heavy atom. The molecule has 2 aliphatic carbocycles. The standard InChI is InChI=1S/C14H30N2O2Si/c1-11-7-5-9-13(11)15-19(17-3,18-4)16-14-10-6-8-12(14)2/h11-16H,5-10H2,1-4H3. The molecule has 2 N–H and O–H groups in total. The van der Waals surface area contributed by atoms with Gasteiger partial charge in [-0.3, -0.25) is 9.96 Å². The first kappa shape index (κ1) is 15.4. The van der Waals surface area contributed by atoms with Crippen LogP contribution in [0.25, 0.3) is 0 Å². The molecule has 0 aromatic rings. The molecule has 0 aliphatic heterocycles. The molecule has 0 amide bonds. The third kappa shape index (κ3) is 3.58. The van der Waals surface area contributed by atoms with E-state index < -0.39 is 8.88 Å². The molecule has 2 aliphatic rings. The maximum absolute atomic E-state index is 5.80. The molecular formula is C14H30N2O2Si. The summed E-state index contributed by atoms with van der Waals surface area (Å²) >= 11 is 0. The quantitative estimate of drug-likeness (QED) is 0.735. The van der Waals surface area contributed by atoms with Crippen LogP contribution in [0.5, 0.6) is 0 Å². The Morgan fingerprint density at radius 3 is 1.47 bits per heavy atom. The van der Waals surface area contributed by atoms with Crippen molar-refractivity contribution in [3.8, 4) is 0 Å². The maximum atomic E-state index is 5.80. The van der Waals surface area contributed by atoms with Crippen LogP contribution in [0.4, 0.5) is 0 Å². The molecule has 0 heterocycles. The molecule has 4 nitrogen and oxygen atoms in total. The Hall–Kier alpha value is 0.0569. The summed E-state index contributed by atoms with van der Waals surface area (Å²) in [6.07, 6.45) is 7.74. The number of rotatable bonds is 6. The zero-order valence-electron chi connectivity index (χ0n) is 12.9. The molecule has 2 fully saturated rings. The van der Waals surface area contributed by atoms with Gasteiger partial charge < -0.3 is 8.85 Å². The van der Waals surface area contributed by atoms with Gasteiger partial charge in [-0.1, -0.05) is 26.7 Å². The Kier molecular flexibility index (Phi) is 5.43. The minimum absolute atomic E-state index is 0.538. The lowest BCUT2D eigenvalue weighted by molar-refractivity contribution is 0.192. The third-order valence-corrected chi connectivity index (χ3v) is 7.70. The first-order chi connectivity index (χ1) is 9.10. The average Bonchev–Trinajstić information content (AvgIpc) is 2.99. The van der Waals surface area contributed by atoms with Crippen molar-refractivity contribution in [2.24, 2.45) is 11.8 Å². The van der Waals surface area contributed by atoms with Crippen LogP contribution in [0.3, 0.4) is 0 Å². The largest absolute Gasteiger partial charge is 0.516 e. The van der Waals surface area contributed by atoms with Gasteiger partial charge in [0.05, 0.1) is 0 Å². The minimum Gasteiger partial charge on any atom is -0.374 e. The normalized spacial score (nSPS) is 36.0. The first-order valence-electron chi connectivity index (χ1n) is 7.76. The minimum atomic E-state index is -2.46. The van der Waals surface area contributed by atoms with Crippen LogP contribution in [0.15, 0.2) is 0 Å². The van der Waals surface area contributed by atoms with Gasteiger partial charge in [0, 0.05) is 26.3 Å². The second-order valence-electron chi connectivity index (χ2n) is 6.34. The van der Waals surface area contributed by atoms with Crippen molar-refractivity contribution in [1.82, 2.24) is 9.96 Å². The molecule has 0 bridgehead atoms. The molecule has 0 radical (unpaired) electrons. The second kappa shape index (κ2) is 6.67. The molecular weight excluding hydrogens is 256 g/mol. The number of nitrogens with one attached hydrogen (secondary N) is 2. The van der Waals surface area contributed by atoms with Crippen LogP contribution in [0, 0.1) is 11.8 Å². The predicted molar refractivity (Wildman–Crippen MR) is 79.6 cm³/mol. The summed E-state index contributed by atoms with van der Waals surface area (Å²) in [7, 11) is 1.09. The van der Waals surface area contributed by atoms with E-state index >= 15 is 0 Å². The van der Waals surface area contributed by atoms with E-state index in [1.165, 1.54) is 38.5 Å². The zero-order valence-corrected chi connectivity index (χ0v) is 13.9. The Labute approximate surface area is 119 Å². The van der Waals surface area contributed by atoms with Gasteiger partial charge in [-0.25, -0.2) is 0 Å². The van der Waals surface area contributed by atoms with E-state index in [2.05, 4.69) is 23.8 Å². The van der Waals surface area contributed by atoms with E-state index in [0.29, 0.717) is 12.1 Å². The number of hydrogen-bond donors (Lipinski definition) is 2. The fourth-order valence-electron chi connectivity index (χ4n) is 3.57. The molecule has 4 atom stereocenters. The second-order valence-corrected chi connectivity index (χ2v) is 8.97. The summed E-state index contributed by atoms with van der Waals surface area (Å²) in [5.74, 6) is 1.44.